The first-order chi connectivity index (χ1) is 9.50. The number of carbonyl (C=O) groups is 1. The van der Waals surface area contributed by atoms with Crippen molar-refractivity contribution >= 4 is 29.1 Å². The highest BCUT2D eigenvalue weighted by molar-refractivity contribution is 6.58. The molecule has 2 fully saturated rings. The van der Waals surface area contributed by atoms with Gasteiger partial charge in [-0.1, -0.05) is 53.5 Å². The summed E-state index contributed by atoms with van der Waals surface area (Å²) in [4.78, 5) is 14.3. The Morgan fingerprint density at radius 3 is 2.65 bits per heavy atom. The smallest absolute Gasteiger partial charge is 0.259 e. The van der Waals surface area contributed by atoms with Crippen molar-refractivity contribution in [2.24, 2.45) is 5.92 Å². The summed E-state index contributed by atoms with van der Waals surface area (Å²) >= 11 is 12.5. The van der Waals surface area contributed by atoms with E-state index in [-0.39, 0.29) is 17.9 Å². The number of amides is 1. The van der Waals surface area contributed by atoms with Crippen LogP contribution >= 0.6 is 23.2 Å². The number of nitrogens with zero attached hydrogens (tertiary/aromatic N) is 1. The van der Waals surface area contributed by atoms with Crippen LogP contribution < -0.4 is 0 Å². The van der Waals surface area contributed by atoms with Gasteiger partial charge >= 0.3 is 0 Å². The largest absolute Gasteiger partial charge is 0.393 e. The molecule has 3 rings (SSSR count). The Labute approximate surface area is 128 Å². The zero-order chi connectivity index (χ0) is 14.3. The monoisotopic (exact) mass is 313 g/mol. The van der Waals surface area contributed by atoms with Crippen LogP contribution in [0, 0.1) is 5.92 Å². The van der Waals surface area contributed by atoms with E-state index in [0.717, 1.165) is 12.0 Å². The fourth-order valence-corrected chi connectivity index (χ4v) is 3.99. The summed E-state index contributed by atoms with van der Waals surface area (Å²) < 4.78 is -1.51. The Morgan fingerprint density at radius 1 is 1.25 bits per heavy atom. The number of alkyl halides is 2. The minimum Gasteiger partial charge on any atom is -0.393 e. The molecule has 1 aliphatic carbocycles. The molecule has 20 heavy (non-hydrogen) atoms. The summed E-state index contributed by atoms with van der Waals surface area (Å²) in [6.07, 6.45) is 1.55. The van der Waals surface area contributed by atoms with Crippen molar-refractivity contribution in [3.8, 4) is 0 Å². The Bertz CT molecular complexity index is 506. The van der Waals surface area contributed by atoms with Gasteiger partial charge in [-0.2, -0.15) is 0 Å². The zero-order valence-electron chi connectivity index (χ0n) is 11.0. The van der Waals surface area contributed by atoms with Crippen molar-refractivity contribution in [1.82, 2.24) is 4.90 Å². The first-order valence-corrected chi connectivity index (χ1v) is 7.66. The van der Waals surface area contributed by atoms with E-state index in [2.05, 4.69) is 0 Å². The van der Waals surface area contributed by atoms with E-state index in [0.29, 0.717) is 19.4 Å². The minimum absolute atomic E-state index is 0.127. The number of benzene rings is 1. The summed E-state index contributed by atoms with van der Waals surface area (Å²) in [6.45, 7) is 0.522. The molecule has 1 aromatic carbocycles. The second-order valence-electron chi connectivity index (χ2n) is 5.68. The van der Waals surface area contributed by atoms with Gasteiger partial charge in [0.1, 0.15) is 0 Å². The van der Waals surface area contributed by atoms with Crippen molar-refractivity contribution in [2.75, 3.05) is 0 Å². The standard InChI is InChI=1S/C15H17Cl2NO2/c16-15(17)12-8-11(6-7-13(12)19)18(14(15)20)9-10-4-2-1-3-5-10/h1-5,11-13,19H,6-9H2/t11-,12-,13+/m1/s1. The van der Waals surface area contributed by atoms with E-state index in [9.17, 15) is 9.90 Å². The van der Waals surface area contributed by atoms with Crippen molar-refractivity contribution in [3.63, 3.8) is 0 Å². The summed E-state index contributed by atoms with van der Waals surface area (Å²) in [7, 11) is 0. The molecule has 2 aliphatic rings. The first kappa shape index (κ1) is 14.2. The second kappa shape index (κ2) is 5.21. The maximum absolute atomic E-state index is 12.6. The summed E-state index contributed by atoms with van der Waals surface area (Å²) in [5.74, 6) is -0.631. The normalized spacial score (nSPS) is 32.2. The van der Waals surface area contributed by atoms with Crippen LogP contribution in [0.4, 0.5) is 0 Å². The summed E-state index contributed by atoms with van der Waals surface area (Å²) in [6, 6.07) is 9.95. The molecule has 1 N–H and O–H groups in total. The fourth-order valence-electron chi connectivity index (χ4n) is 3.30. The Kier molecular flexibility index (Phi) is 3.69. The van der Waals surface area contributed by atoms with E-state index in [1.807, 2.05) is 30.3 Å². The molecule has 3 nitrogen and oxygen atoms in total. The third-order valence-corrected chi connectivity index (χ3v) is 5.32. The van der Waals surface area contributed by atoms with Gasteiger partial charge < -0.3 is 10.0 Å². The highest BCUT2D eigenvalue weighted by Gasteiger charge is 2.55. The number of piperidine rings is 1. The van der Waals surface area contributed by atoms with Crippen LogP contribution in [-0.4, -0.2) is 32.4 Å². The average molecular weight is 314 g/mol. The topological polar surface area (TPSA) is 40.5 Å². The van der Waals surface area contributed by atoms with Gasteiger partial charge in [0.2, 0.25) is 4.33 Å². The molecule has 1 aliphatic heterocycles. The average Bonchev–Trinajstić information content (AvgIpc) is 2.44. The second-order valence-corrected chi connectivity index (χ2v) is 7.07. The third-order valence-electron chi connectivity index (χ3n) is 4.43. The molecule has 1 amide bonds. The molecule has 108 valence electrons. The van der Waals surface area contributed by atoms with Crippen LogP contribution in [0.25, 0.3) is 0 Å². The van der Waals surface area contributed by atoms with Gasteiger partial charge in [0, 0.05) is 18.5 Å². The number of aliphatic hydroxyl groups excluding tert-OH is 1. The number of fused-ring (bicyclic) bond motifs is 2. The minimum atomic E-state index is -1.51. The number of aliphatic hydroxyl groups is 1. The number of halogens is 2. The van der Waals surface area contributed by atoms with Crippen molar-refractivity contribution < 1.29 is 9.90 Å². The van der Waals surface area contributed by atoms with Gasteiger partial charge in [-0.05, 0) is 24.8 Å². The third kappa shape index (κ3) is 2.32. The maximum atomic E-state index is 12.6. The van der Waals surface area contributed by atoms with Gasteiger partial charge in [-0.3, -0.25) is 4.79 Å². The predicted molar refractivity (Wildman–Crippen MR) is 78.6 cm³/mol. The molecule has 3 atom stereocenters. The molecule has 0 radical (unpaired) electrons. The molecule has 5 heteroatoms. The lowest BCUT2D eigenvalue weighted by molar-refractivity contribution is -0.146. The lowest BCUT2D eigenvalue weighted by Gasteiger charge is -2.50. The van der Waals surface area contributed by atoms with Gasteiger partial charge in [-0.15, -0.1) is 0 Å². The molecule has 0 aromatic heterocycles. The van der Waals surface area contributed by atoms with Gasteiger partial charge in [0.25, 0.3) is 5.91 Å². The lowest BCUT2D eigenvalue weighted by atomic mass is 9.76. The Balaban J connectivity index is 1.86. The fraction of sp³-hybridized carbons (Fsp3) is 0.533. The number of likely N-dealkylation sites (tertiary alicyclic amines) is 1. The molecule has 2 bridgehead atoms. The van der Waals surface area contributed by atoms with E-state index < -0.39 is 10.4 Å². The summed E-state index contributed by atoms with van der Waals surface area (Å²) in [5.41, 5.74) is 1.06. The summed E-state index contributed by atoms with van der Waals surface area (Å²) in [5, 5.41) is 10.0. The zero-order valence-corrected chi connectivity index (χ0v) is 12.5. The Morgan fingerprint density at radius 2 is 1.95 bits per heavy atom. The Hall–Kier alpha value is -0.770. The molecule has 1 heterocycles. The molecule has 1 saturated carbocycles. The van der Waals surface area contributed by atoms with Gasteiger partial charge in [0.05, 0.1) is 6.10 Å². The molecule has 0 unspecified atom stereocenters. The number of carbonyl (C=O) groups excluding carboxylic acids is 1. The quantitative estimate of drug-likeness (QED) is 0.853. The van der Waals surface area contributed by atoms with E-state index in [1.54, 1.807) is 4.90 Å². The number of rotatable bonds is 2. The lowest BCUT2D eigenvalue weighted by Crippen LogP contribution is -2.61. The van der Waals surface area contributed by atoms with E-state index in [1.165, 1.54) is 0 Å². The van der Waals surface area contributed by atoms with Gasteiger partial charge in [-0.25, -0.2) is 0 Å². The molecular weight excluding hydrogens is 297 g/mol. The van der Waals surface area contributed by atoms with Crippen molar-refractivity contribution in [3.05, 3.63) is 35.9 Å². The number of hydrogen-bond acceptors (Lipinski definition) is 2. The first-order valence-electron chi connectivity index (χ1n) is 6.91. The molecular formula is C15H17Cl2NO2. The van der Waals surface area contributed by atoms with Crippen LogP contribution in [0.2, 0.25) is 0 Å². The molecule has 1 aromatic rings. The number of hydrogen-bond donors (Lipinski definition) is 1. The van der Waals surface area contributed by atoms with Crippen LogP contribution in [0.15, 0.2) is 30.3 Å². The SMILES string of the molecule is O=C1N(Cc2ccccc2)[C@@H]2CC[C@H](O)[C@@H](C2)C1(Cl)Cl. The van der Waals surface area contributed by atoms with Gasteiger partial charge in [0.15, 0.2) is 0 Å². The maximum Gasteiger partial charge on any atom is 0.259 e. The van der Waals surface area contributed by atoms with Crippen LogP contribution in [-0.2, 0) is 11.3 Å². The predicted octanol–water partition coefficient (Wildman–Crippen LogP) is 2.73. The van der Waals surface area contributed by atoms with E-state index >= 15 is 0 Å². The van der Waals surface area contributed by atoms with Crippen LogP contribution in [0.5, 0.6) is 0 Å². The van der Waals surface area contributed by atoms with Crippen molar-refractivity contribution in [1.29, 1.82) is 0 Å². The van der Waals surface area contributed by atoms with Crippen molar-refractivity contribution in [2.45, 2.75) is 42.3 Å². The van der Waals surface area contributed by atoms with Crippen LogP contribution in [0.1, 0.15) is 24.8 Å². The van der Waals surface area contributed by atoms with E-state index in [4.69, 9.17) is 23.2 Å². The molecule has 0 spiro atoms. The highest BCUT2D eigenvalue weighted by atomic mass is 35.5. The highest BCUT2D eigenvalue weighted by Crippen LogP contribution is 2.47. The van der Waals surface area contributed by atoms with Crippen LogP contribution in [0.3, 0.4) is 0 Å². The molecule has 1 saturated heterocycles.